The maximum atomic E-state index is 12.2. The molecule has 2 aromatic rings. The topological polar surface area (TPSA) is 55.4 Å². The highest BCUT2D eigenvalue weighted by Crippen LogP contribution is 2.41. The first-order valence-corrected chi connectivity index (χ1v) is 8.19. The molecule has 124 valence electrons. The van der Waals surface area contributed by atoms with Crippen molar-refractivity contribution in [3.63, 3.8) is 0 Å². The number of amides is 1. The molecule has 2 aromatic carbocycles. The Labute approximate surface area is 141 Å². The molecule has 1 amide bonds. The molecule has 0 radical (unpaired) electrons. The van der Waals surface area contributed by atoms with E-state index in [0.717, 1.165) is 24.7 Å². The maximum absolute atomic E-state index is 12.2. The van der Waals surface area contributed by atoms with Crippen LogP contribution >= 0.6 is 0 Å². The number of carbonyl (C=O) groups is 2. The number of carbonyl (C=O) groups excluding carboxylic acids is 2. The van der Waals surface area contributed by atoms with E-state index in [1.54, 1.807) is 24.3 Å². The third-order valence-electron chi connectivity index (χ3n) is 4.23. The highest BCUT2D eigenvalue weighted by Gasteiger charge is 2.33. The zero-order chi connectivity index (χ0) is 16.9. The van der Waals surface area contributed by atoms with E-state index in [1.807, 2.05) is 0 Å². The molecule has 4 nitrogen and oxygen atoms in total. The molecule has 24 heavy (non-hydrogen) atoms. The summed E-state index contributed by atoms with van der Waals surface area (Å²) in [7, 11) is 0. The van der Waals surface area contributed by atoms with Crippen LogP contribution in [0.3, 0.4) is 0 Å². The molecule has 1 fully saturated rings. The summed E-state index contributed by atoms with van der Waals surface area (Å²) in [6.07, 6.45) is 3.07. The zero-order valence-corrected chi connectivity index (χ0v) is 13.7. The molecule has 1 saturated carbocycles. The van der Waals surface area contributed by atoms with Gasteiger partial charge in [-0.25, -0.2) is 0 Å². The molecule has 1 unspecified atom stereocenters. The van der Waals surface area contributed by atoms with Crippen molar-refractivity contribution in [2.24, 2.45) is 5.92 Å². The maximum Gasteiger partial charge on any atom is 0.258 e. The fourth-order valence-corrected chi connectivity index (χ4v) is 2.68. The molecule has 1 N–H and O–H groups in total. The quantitative estimate of drug-likeness (QED) is 0.794. The molecule has 0 aliphatic heterocycles. The Hall–Kier alpha value is -2.62. The van der Waals surface area contributed by atoms with Crippen LogP contribution in [0.2, 0.25) is 0 Å². The molecule has 0 aromatic heterocycles. The number of hydrogen-bond acceptors (Lipinski definition) is 3. The van der Waals surface area contributed by atoms with Gasteiger partial charge < -0.3 is 10.1 Å². The third-order valence-corrected chi connectivity index (χ3v) is 4.23. The number of aryl methyl sites for hydroxylation is 1. The summed E-state index contributed by atoms with van der Waals surface area (Å²) in [5.74, 6) is 0.963. The highest BCUT2D eigenvalue weighted by molar-refractivity contribution is 5.78. The van der Waals surface area contributed by atoms with E-state index in [1.165, 1.54) is 5.56 Å². The Kier molecular flexibility index (Phi) is 4.94. The van der Waals surface area contributed by atoms with Crippen molar-refractivity contribution in [3.8, 4) is 5.75 Å². The Morgan fingerprint density at radius 3 is 2.42 bits per heavy atom. The highest BCUT2D eigenvalue weighted by atomic mass is 16.5. The SMILES string of the molecule is Cc1ccc(C(NC(=O)COc2ccc(C=O)cc2)C2CC2)cc1. The predicted octanol–water partition coefficient (Wildman–Crippen LogP) is 3.45. The van der Waals surface area contributed by atoms with Crippen LogP contribution in [0.1, 0.15) is 40.4 Å². The number of rotatable bonds is 7. The second-order valence-electron chi connectivity index (χ2n) is 6.27. The lowest BCUT2D eigenvalue weighted by atomic mass is 10.0. The second kappa shape index (κ2) is 7.30. The van der Waals surface area contributed by atoms with Crippen LogP contribution in [0, 0.1) is 12.8 Å². The van der Waals surface area contributed by atoms with Crippen molar-refractivity contribution >= 4 is 12.2 Å². The standard InChI is InChI=1S/C20H21NO3/c1-14-2-6-16(7-3-14)20(17-8-9-17)21-19(23)13-24-18-10-4-15(12-22)5-11-18/h2-7,10-12,17,20H,8-9,13H2,1H3,(H,21,23). The van der Waals surface area contributed by atoms with Crippen molar-refractivity contribution in [3.05, 3.63) is 65.2 Å². The van der Waals surface area contributed by atoms with Gasteiger partial charge in [-0.15, -0.1) is 0 Å². The minimum atomic E-state index is -0.132. The van der Waals surface area contributed by atoms with Gasteiger partial charge >= 0.3 is 0 Å². The molecule has 1 aliphatic carbocycles. The summed E-state index contributed by atoms with van der Waals surface area (Å²) in [5, 5.41) is 3.09. The van der Waals surface area contributed by atoms with Crippen molar-refractivity contribution in [1.82, 2.24) is 5.32 Å². The van der Waals surface area contributed by atoms with Crippen LogP contribution in [0.15, 0.2) is 48.5 Å². The molecule has 3 rings (SSSR count). The van der Waals surface area contributed by atoms with Crippen LogP contribution < -0.4 is 10.1 Å². The number of nitrogens with one attached hydrogen (secondary N) is 1. The van der Waals surface area contributed by atoms with Gasteiger partial charge in [-0.05, 0) is 55.5 Å². The van der Waals surface area contributed by atoms with Gasteiger partial charge in [0.2, 0.25) is 0 Å². The summed E-state index contributed by atoms with van der Waals surface area (Å²) < 4.78 is 5.50. The molecule has 0 spiro atoms. The van der Waals surface area contributed by atoms with Gasteiger partial charge in [0, 0.05) is 5.56 Å². The Bertz CT molecular complexity index is 703. The Morgan fingerprint density at radius 2 is 1.83 bits per heavy atom. The second-order valence-corrected chi connectivity index (χ2v) is 6.27. The van der Waals surface area contributed by atoms with Crippen LogP contribution in [0.5, 0.6) is 5.75 Å². The van der Waals surface area contributed by atoms with E-state index in [4.69, 9.17) is 4.74 Å². The Balaban J connectivity index is 1.57. The van der Waals surface area contributed by atoms with Gasteiger partial charge in [0.1, 0.15) is 12.0 Å². The first-order valence-electron chi connectivity index (χ1n) is 8.19. The van der Waals surface area contributed by atoms with Crippen LogP contribution in [-0.4, -0.2) is 18.8 Å². The number of benzene rings is 2. The zero-order valence-electron chi connectivity index (χ0n) is 13.7. The van der Waals surface area contributed by atoms with E-state index in [9.17, 15) is 9.59 Å². The first-order chi connectivity index (χ1) is 11.7. The summed E-state index contributed by atoms with van der Waals surface area (Å²) in [6, 6.07) is 15.1. The largest absolute Gasteiger partial charge is 0.484 e. The van der Waals surface area contributed by atoms with Crippen LogP contribution in [-0.2, 0) is 4.79 Å². The van der Waals surface area contributed by atoms with Crippen molar-refractivity contribution in [2.45, 2.75) is 25.8 Å². The first kappa shape index (κ1) is 16.2. The van der Waals surface area contributed by atoms with E-state index in [0.29, 0.717) is 17.2 Å². The summed E-state index contributed by atoms with van der Waals surface area (Å²) in [6.45, 7) is 2.02. The molecule has 1 aliphatic rings. The lowest BCUT2D eigenvalue weighted by Crippen LogP contribution is -2.33. The molecule has 0 saturated heterocycles. The van der Waals surface area contributed by atoms with E-state index >= 15 is 0 Å². The van der Waals surface area contributed by atoms with Gasteiger partial charge in [-0.3, -0.25) is 9.59 Å². The molecular weight excluding hydrogens is 302 g/mol. The lowest BCUT2D eigenvalue weighted by Gasteiger charge is -2.19. The monoisotopic (exact) mass is 323 g/mol. The van der Waals surface area contributed by atoms with E-state index < -0.39 is 0 Å². The molecule has 0 bridgehead atoms. The summed E-state index contributed by atoms with van der Waals surface area (Å²) >= 11 is 0. The number of hydrogen-bond donors (Lipinski definition) is 1. The predicted molar refractivity (Wildman–Crippen MR) is 92.1 cm³/mol. The summed E-state index contributed by atoms with van der Waals surface area (Å²) in [4.78, 5) is 22.9. The van der Waals surface area contributed by atoms with Crippen molar-refractivity contribution < 1.29 is 14.3 Å². The van der Waals surface area contributed by atoms with E-state index in [-0.39, 0.29) is 18.6 Å². The molecule has 4 heteroatoms. The third kappa shape index (κ3) is 4.22. The lowest BCUT2D eigenvalue weighted by molar-refractivity contribution is -0.124. The minimum absolute atomic E-state index is 0.0322. The van der Waals surface area contributed by atoms with Crippen LogP contribution in [0.4, 0.5) is 0 Å². The van der Waals surface area contributed by atoms with E-state index in [2.05, 4.69) is 36.5 Å². The molecular formula is C20H21NO3. The van der Waals surface area contributed by atoms with Gasteiger partial charge in [-0.1, -0.05) is 29.8 Å². The average molecular weight is 323 g/mol. The number of ether oxygens (including phenoxy) is 1. The fraction of sp³-hybridized carbons (Fsp3) is 0.300. The average Bonchev–Trinajstić information content (AvgIpc) is 3.44. The van der Waals surface area contributed by atoms with Gasteiger partial charge in [0.25, 0.3) is 5.91 Å². The van der Waals surface area contributed by atoms with Crippen molar-refractivity contribution in [1.29, 1.82) is 0 Å². The Morgan fingerprint density at radius 1 is 1.17 bits per heavy atom. The van der Waals surface area contributed by atoms with Crippen LogP contribution in [0.25, 0.3) is 0 Å². The van der Waals surface area contributed by atoms with Gasteiger partial charge in [-0.2, -0.15) is 0 Å². The molecule has 1 atom stereocenters. The smallest absolute Gasteiger partial charge is 0.258 e. The molecule has 0 heterocycles. The van der Waals surface area contributed by atoms with Gasteiger partial charge in [0.05, 0.1) is 6.04 Å². The minimum Gasteiger partial charge on any atom is -0.484 e. The summed E-state index contributed by atoms with van der Waals surface area (Å²) in [5.41, 5.74) is 2.94. The fourth-order valence-electron chi connectivity index (χ4n) is 2.68. The normalized spacial score (nSPS) is 14.7. The van der Waals surface area contributed by atoms with Gasteiger partial charge in [0.15, 0.2) is 6.61 Å². The number of aldehydes is 1. The van der Waals surface area contributed by atoms with Crippen molar-refractivity contribution in [2.75, 3.05) is 6.61 Å².